The van der Waals surface area contributed by atoms with Crippen molar-refractivity contribution < 1.29 is 4.79 Å². The van der Waals surface area contributed by atoms with Gasteiger partial charge in [0.25, 0.3) is 0 Å². The van der Waals surface area contributed by atoms with Crippen LogP contribution >= 0.6 is 0 Å². The van der Waals surface area contributed by atoms with Crippen molar-refractivity contribution in [3.63, 3.8) is 0 Å². The molecule has 0 radical (unpaired) electrons. The first kappa shape index (κ1) is 9.56. The Balaban J connectivity index is 2.52. The van der Waals surface area contributed by atoms with Gasteiger partial charge in [-0.3, -0.25) is 4.79 Å². The predicted molar refractivity (Wildman–Crippen MR) is 49.8 cm³/mol. The average Bonchev–Trinajstić information content (AvgIpc) is 2.02. The Morgan fingerprint density at radius 2 is 2.00 bits per heavy atom. The number of carbonyl (C=O) groups excluding carboxylic acids is 1. The summed E-state index contributed by atoms with van der Waals surface area (Å²) in [5.74, 6) is 0.541. The highest BCUT2D eigenvalue weighted by Crippen LogP contribution is 2.27. The molecular weight excluding hydrogens is 150 g/mol. The summed E-state index contributed by atoms with van der Waals surface area (Å²) in [7, 11) is 0. The molecule has 1 aliphatic heterocycles. The van der Waals surface area contributed by atoms with Crippen LogP contribution in [-0.2, 0) is 4.79 Å². The van der Waals surface area contributed by atoms with Crippen molar-refractivity contribution in [1.82, 2.24) is 4.90 Å². The van der Waals surface area contributed by atoms with E-state index in [2.05, 4.69) is 20.8 Å². The van der Waals surface area contributed by atoms with Crippen molar-refractivity contribution in [3.05, 3.63) is 0 Å². The summed E-state index contributed by atoms with van der Waals surface area (Å²) in [6, 6.07) is 0.947. The van der Waals surface area contributed by atoms with E-state index in [0.29, 0.717) is 18.0 Å². The molecule has 1 saturated heterocycles. The molecule has 1 fully saturated rings. The number of amides is 1. The molecule has 3 unspecified atom stereocenters. The lowest BCUT2D eigenvalue weighted by Gasteiger charge is -2.46. The summed E-state index contributed by atoms with van der Waals surface area (Å²) in [4.78, 5) is 13.7. The predicted octanol–water partition coefficient (Wildman–Crippen LogP) is 2.04. The second-order valence-corrected chi connectivity index (χ2v) is 3.99. The summed E-state index contributed by atoms with van der Waals surface area (Å²) < 4.78 is 0. The van der Waals surface area contributed by atoms with Crippen LogP contribution in [0.3, 0.4) is 0 Å². The fourth-order valence-corrected chi connectivity index (χ4v) is 1.88. The normalized spacial score (nSPS) is 31.2. The molecule has 0 aromatic carbocycles. The molecule has 3 atom stereocenters. The Morgan fingerprint density at radius 3 is 2.33 bits per heavy atom. The third-order valence-electron chi connectivity index (χ3n) is 2.92. The highest BCUT2D eigenvalue weighted by molar-refractivity contribution is 5.79. The zero-order valence-corrected chi connectivity index (χ0v) is 8.50. The van der Waals surface area contributed by atoms with Gasteiger partial charge in [0, 0.05) is 18.0 Å². The molecule has 2 heteroatoms. The molecule has 1 heterocycles. The van der Waals surface area contributed by atoms with Gasteiger partial charge in [-0.15, -0.1) is 0 Å². The van der Waals surface area contributed by atoms with Crippen molar-refractivity contribution in [3.8, 4) is 0 Å². The maximum atomic E-state index is 11.7. The minimum Gasteiger partial charge on any atom is -0.337 e. The topological polar surface area (TPSA) is 20.3 Å². The van der Waals surface area contributed by atoms with Crippen LogP contribution in [0.2, 0.25) is 0 Å². The Hall–Kier alpha value is -0.530. The monoisotopic (exact) mass is 169 g/mol. The van der Waals surface area contributed by atoms with Crippen molar-refractivity contribution in [2.75, 3.05) is 0 Å². The second kappa shape index (κ2) is 3.46. The van der Waals surface area contributed by atoms with Crippen LogP contribution in [0.5, 0.6) is 0 Å². The molecule has 0 spiro atoms. The summed E-state index contributed by atoms with van der Waals surface area (Å²) >= 11 is 0. The maximum Gasteiger partial charge on any atom is 0.225 e. The molecule has 2 nitrogen and oxygen atoms in total. The summed E-state index contributed by atoms with van der Waals surface area (Å²) in [5.41, 5.74) is 0. The number of carbonyl (C=O) groups is 1. The average molecular weight is 169 g/mol. The third kappa shape index (κ3) is 1.47. The molecule has 0 bridgehead atoms. The van der Waals surface area contributed by atoms with Crippen molar-refractivity contribution in [2.45, 2.75) is 52.6 Å². The molecule has 0 saturated carbocycles. The molecule has 0 aromatic rings. The first-order chi connectivity index (χ1) is 5.57. The van der Waals surface area contributed by atoms with E-state index < -0.39 is 0 Å². The number of hydrogen-bond donors (Lipinski definition) is 0. The lowest BCUT2D eigenvalue weighted by molar-refractivity contribution is -0.147. The third-order valence-corrected chi connectivity index (χ3v) is 2.92. The molecular formula is C10H19NO. The molecule has 1 amide bonds. The van der Waals surface area contributed by atoms with Crippen LogP contribution in [0.25, 0.3) is 0 Å². The smallest absolute Gasteiger partial charge is 0.225 e. The van der Waals surface area contributed by atoms with Gasteiger partial charge in [-0.05, 0) is 26.7 Å². The zero-order chi connectivity index (χ0) is 9.30. The lowest BCUT2D eigenvalue weighted by Crippen LogP contribution is -2.57. The maximum absolute atomic E-state index is 11.7. The van der Waals surface area contributed by atoms with Crippen molar-refractivity contribution >= 4 is 5.91 Å². The minimum absolute atomic E-state index is 0.204. The fourth-order valence-electron chi connectivity index (χ4n) is 1.88. The SMILES string of the molecule is CCC(C)C(=O)N1C(C)CC1C. The van der Waals surface area contributed by atoms with Crippen LogP contribution in [0.1, 0.15) is 40.5 Å². The first-order valence-corrected chi connectivity index (χ1v) is 4.90. The quantitative estimate of drug-likeness (QED) is 0.619. The van der Waals surface area contributed by atoms with E-state index in [1.54, 1.807) is 0 Å². The highest BCUT2D eigenvalue weighted by atomic mass is 16.2. The first-order valence-electron chi connectivity index (χ1n) is 4.90. The van der Waals surface area contributed by atoms with E-state index in [4.69, 9.17) is 0 Å². The van der Waals surface area contributed by atoms with Crippen LogP contribution in [0.4, 0.5) is 0 Å². The van der Waals surface area contributed by atoms with Crippen LogP contribution in [-0.4, -0.2) is 22.9 Å². The zero-order valence-electron chi connectivity index (χ0n) is 8.50. The number of hydrogen-bond acceptors (Lipinski definition) is 1. The van der Waals surface area contributed by atoms with Gasteiger partial charge in [0.05, 0.1) is 0 Å². The summed E-state index contributed by atoms with van der Waals surface area (Å²) in [6.07, 6.45) is 2.12. The standard InChI is InChI=1S/C10H19NO/c1-5-7(2)10(12)11-8(3)6-9(11)4/h7-9H,5-6H2,1-4H3. The molecule has 0 N–H and O–H groups in total. The molecule has 1 aliphatic rings. The van der Waals surface area contributed by atoms with E-state index in [0.717, 1.165) is 6.42 Å². The second-order valence-electron chi connectivity index (χ2n) is 3.99. The molecule has 1 rings (SSSR count). The summed E-state index contributed by atoms with van der Waals surface area (Å²) in [5, 5.41) is 0. The van der Waals surface area contributed by atoms with Gasteiger partial charge in [-0.1, -0.05) is 13.8 Å². The number of nitrogens with zero attached hydrogens (tertiary/aromatic N) is 1. The van der Waals surface area contributed by atoms with Gasteiger partial charge in [-0.25, -0.2) is 0 Å². The Labute approximate surface area is 74.9 Å². The van der Waals surface area contributed by atoms with Crippen molar-refractivity contribution in [1.29, 1.82) is 0 Å². The van der Waals surface area contributed by atoms with Gasteiger partial charge in [0.15, 0.2) is 0 Å². The minimum atomic E-state index is 0.204. The van der Waals surface area contributed by atoms with Gasteiger partial charge in [-0.2, -0.15) is 0 Å². The van der Waals surface area contributed by atoms with Crippen LogP contribution < -0.4 is 0 Å². The van der Waals surface area contributed by atoms with Gasteiger partial charge < -0.3 is 4.90 Å². The van der Waals surface area contributed by atoms with Gasteiger partial charge >= 0.3 is 0 Å². The number of rotatable bonds is 2. The largest absolute Gasteiger partial charge is 0.337 e. The Kier molecular flexibility index (Phi) is 2.76. The molecule has 0 aliphatic carbocycles. The molecule has 70 valence electrons. The lowest BCUT2D eigenvalue weighted by atomic mass is 9.92. The van der Waals surface area contributed by atoms with Gasteiger partial charge in [0.2, 0.25) is 5.91 Å². The van der Waals surface area contributed by atoms with Crippen LogP contribution in [0, 0.1) is 5.92 Å². The molecule has 12 heavy (non-hydrogen) atoms. The van der Waals surface area contributed by atoms with E-state index >= 15 is 0 Å². The van der Waals surface area contributed by atoms with E-state index in [1.807, 2.05) is 11.8 Å². The Morgan fingerprint density at radius 1 is 1.50 bits per heavy atom. The van der Waals surface area contributed by atoms with Crippen LogP contribution in [0.15, 0.2) is 0 Å². The van der Waals surface area contributed by atoms with E-state index in [-0.39, 0.29) is 5.92 Å². The highest BCUT2D eigenvalue weighted by Gasteiger charge is 2.36. The van der Waals surface area contributed by atoms with E-state index in [1.165, 1.54) is 6.42 Å². The number of likely N-dealkylation sites (tertiary alicyclic amines) is 1. The van der Waals surface area contributed by atoms with Crippen molar-refractivity contribution in [2.24, 2.45) is 5.92 Å². The van der Waals surface area contributed by atoms with E-state index in [9.17, 15) is 4.79 Å². The summed E-state index contributed by atoms with van der Waals surface area (Å²) in [6.45, 7) is 8.33. The van der Waals surface area contributed by atoms with Gasteiger partial charge in [0.1, 0.15) is 0 Å². The fraction of sp³-hybridized carbons (Fsp3) is 0.900. The Bertz CT molecular complexity index is 171. The molecule has 0 aromatic heterocycles.